The first-order valence-corrected chi connectivity index (χ1v) is 8.50. The van der Waals surface area contributed by atoms with E-state index < -0.39 is 0 Å². The van der Waals surface area contributed by atoms with Crippen molar-refractivity contribution in [3.05, 3.63) is 89.6 Å². The minimum Gasteiger partial charge on any atom is -0.345 e. The summed E-state index contributed by atoms with van der Waals surface area (Å²) >= 11 is 6.07. The zero-order valence-electron chi connectivity index (χ0n) is 13.8. The Labute approximate surface area is 155 Å². The molecule has 5 nitrogen and oxygen atoms in total. The van der Waals surface area contributed by atoms with Crippen LogP contribution in [-0.2, 0) is 6.54 Å². The normalized spacial score (nSPS) is 10.8. The van der Waals surface area contributed by atoms with Gasteiger partial charge in [-0.3, -0.25) is 9.78 Å². The Hall–Kier alpha value is -3.18. The van der Waals surface area contributed by atoms with E-state index in [9.17, 15) is 4.79 Å². The van der Waals surface area contributed by atoms with E-state index >= 15 is 0 Å². The number of amides is 1. The number of pyridine rings is 2. The van der Waals surface area contributed by atoms with Crippen LogP contribution in [0.1, 0.15) is 16.2 Å². The van der Waals surface area contributed by atoms with Gasteiger partial charge in [-0.25, -0.2) is 4.98 Å². The number of nitrogens with one attached hydrogen (secondary N) is 1. The Morgan fingerprint density at radius 2 is 1.96 bits per heavy atom. The predicted molar refractivity (Wildman–Crippen MR) is 101 cm³/mol. The quantitative estimate of drug-likeness (QED) is 0.597. The Bertz CT molecular complexity index is 1080. The summed E-state index contributed by atoms with van der Waals surface area (Å²) in [5.41, 5.74) is 3.88. The lowest BCUT2D eigenvalue weighted by Crippen LogP contribution is -2.23. The number of carbonyl (C=O) groups is 1. The third-order valence-electron chi connectivity index (χ3n) is 4.00. The highest BCUT2D eigenvalue weighted by Crippen LogP contribution is 2.23. The van der Waals surface area contributed by atoms with Crippen LogP contribution in [0.25, 0.3) is 16.8 Å². The van der Waals surface area contributed by atoms with E-state index in [0.717, 1.165) is 16.8 Å². The summed E-state index contributed by atoms with van der Waals surface area (Å²) in [5.74, 6) is -0.233. The number of rotatable bonds is 4. The number of hydrogen-bond donors (Lipinski definition) is 1. The van der Waals surface area contributed by atoms with Crippen LogP contribution in [0.2, 0.25) is 5.02 Å². The third-order valence-corrected chi connectivity index (χ3v) is 4.23. The van der Waals surface area contributed by atoms with Crippen molar-refractivity contribution in [2.24, 2.45) is 0 Å². The molecule has 128 valence electrons. The first-order valence-electron chi connectivity index (χ1n) is 8.12. The highest BCUT2D eigenvalue weighted by atomic mass is 35.5. The molecule has 0 fully saturated rings. The molecule has 1 N–H and O–H groups in total. The minimum atomic E-state index is -0.233. The van der Waals surface area contributed by atoms with Gasteiger partial charge in [-0.05, 0) is 47.5 Å². The third kappa shape index (κ3) is 3.43. The molecule has 1 aromatic carbocycles. The van der Waals surface area contributed by atoms with Crippen molar-refractivity contribution < 1.29 is 4.79 Å². The first kappa shape index (κ1) is 16.3. The molecular formula is C20H15ClN4O. The molecule has 26 heavy (non-hydrogen) atoms. The highest BCUT2D eigenvalue weighted by Gasteiger charge is 2.11. The topological polar surface area (TPSA) is 59.3 Å². The lowest BCUT2D eigenvalue weighted by atomic mass is 10.1. The molecular weight excluding hydrogens is 348 g/mol. The molecule has 3 heterocycles. The number of imidazole rings is 1. The van der Waals surface area contributed by atoms with Crippen molar-refractivity contribution >= 4 is 23.2 Å². The largest absolute Gasteiger partial charge is 0.345 e. The van der Waals surface area contributed by atoms with Gasteiger partial charge in [0.2, 0.25) is 0 Å². The Balaban J connectivity index is 1.56. The van der Waals surface area contributed by atoms with Gasteiger partial charge in [-0.15, -0.1) is 0 Å². The second-order valence-electron chi connectivity index (χ2n) is 5.82. The van der Waals surface area contributed by atoms with Gasteiger partial charge >= 0.3 is 0 Å². The molecule has 0 aliphatic carbocycles. The monoisotopic (exact) mass is 362 g/mol. The van der Waals surface area contributed by atoms with E-state index in [1.165, 1.54) is 0 Å². The molecule has 0 aliphatic rings. The molecule has 0 saturated carbocycles. The van der Waals surface area contributed by atoms with Gasteiger partial charge in [0, 0.05) is 23.6 Å². The molecule has 1 amide bonds. The molecule has 0 unspecified atom stereocenters. The lowest BCUT2D eigenvalue weighted by Gasteiger charge is -2.03. The van der Waals surface area contributed by atoms with E-state index in [1.54, 1.807) is 12.4 Å². The number of halogens is 1. The Kier molecular flexibility index (Phi) is 4.37. The molecule has 4 aromatic rings. The van der Waals surface area contributed by atoms with Crippen LogP contribution in [0.3, 0.4) is 0 Å². The second-order valence-corrected chi connectivity index (χ2v) is 6.26. The van der Waals surface area contributed by atoms with Crippen LogP contribution >= 0.6 is 11.6 Å². The zero-order chi connectivity index (χ0) is 17.9. The number of hydrogen-bond acceptors (Lipinski definition) is 3. The maximum Gasteiger partial charge on any atom is 0.271 e. The van der Waals surface area contributed by atoms with Crippen molar-refractivity contribution in [1.82, 2.24) is 19.7 Å². The highest BCUT2D eigenvalue weighted by molar-refractivity contribution is 6.30. The molecule has 3 aromatic heterocycles. The lowest BCUT2D eigenvalue weighted by molar-refractivity contribution is 0.0946. The smallest absolute Gasteiger partial charge is 0.271 e. The fourth-order valence-electron chi connectivity index (χ4n) is 2.70. The number of aromatic nitrogens is 3. The standard InChI is InChI=1S/C20H15ClN4O/c21-16-5-3-4-14(10-16)15-7-8-19-24-18(13-25(19)12-15)20(26)23-11-17-6-1-2-9-22-17/h1-10,12-13H,11H2,(H,23,26). The van der Waals surface area contributed by atoms with Gasteiger partial charge < -0.3 is 9.72 Å². The average Bonchev–Trinajstić information content (AvgIpc) is 3.10. The van der Waals surface area contributed by atoms with E-state index in [-0.39, 0.29) is 5.91 Å². The van der Waals surface area contributed by atoms with Gasteiger partial charge in [0.05, 0.1) is 12.2 Å². The van der Waals surface area contributed by atoms with Crippen LogP contribution in [0.4, 0.5) is 0 Å². The molecule has 0 bridgehead atoms. The maximum atomic E-state index is 12.4. The molecule has 0 saturated heterocycles. The number of nitrogens with zero attached hydrogens (tertiary/aromatic N) is 3. The van der Waals surface area contributed by atoms with Gasteiger partial charge in [0.1, 0.15) is 11.3 Å². The molecule has 4 rings (SSSR count). The number of benzene rings is 1. The Morgan fingerprint density at radius 1 is 1.04 bits per heavy atom. The van der Waals surface area contributed by atoms with Crippen LogP contribution in [0.15, 0.2) is 73.2 Å². The Morgan fingerprint density at radius 3 is 2.77 bits per heavy atom. The molecule has 0 aliphatic heterocycles. The van der Waals surface area contributed by atoms with Gasteiger partial charge in [0.25, 0.3) is 5.91 Å². The van der Waals surface area contributed by atoms with Crippen LogP contribution in [0, 0.1) is 0 Å². The van der Waals surface area contributed by atoms with Gasteiger partial charge in [-0.2, -0.15) is 0 Å². The fourth-order valence-corrected chi connectivity index (χ4v) is 2.89. The average molecular weight is 363 g/mol. The van der Waals surface area contributed by atoms with Crippen molar-refractivity contribution in [2.45, 2.75) is 6.54 Å². The maximum absolute atomic E-state index is 12.4. The van der Waals surface area contributed by atoms with Crippen molar-refractivity contribution in [2.75, 3.05) is 0 Å². The van der Waals surface area contributed by atoms with Crippen molar-refractivity contribution in [3.63, 3.8) is 0 Å². The molecule has 0 spiro atoms. The summed E-state index contributed by atoms with van der Waals surface area (Å²) in [6.07, 6.45) is 5.35. The van der Waals surface area contributed by atoms with Crippen LogP contribution < -0.4 is 5.32 Å². The molecule has 0 radical (unpaired) electrons. The zero-order valence-corrected chi connectivity index (χ0v) is 14.5. The molecule has 6 heteroatoms. The summed E-state index contributed by atoms with van der Waals surface area (Å²) in [5, 5.41) is 3.52. The number of fused-ring (bicyclic) bond motifs is 1. The van der Waals surface area contributed by atoms with Gasteiger partial charge in [0.15, 0.2) is 0 Å². The van der Waals surface area contributed by atoms with E-state index in [1.807, 2.05) is 65.2 Å². The second kappa shape index (κ2) is 6.98. The van der Waals surface area contributed by atoms with Crippen LogP contribution in [0.5, 0.6) is 0 Å². The summed E-state index contributed by atoms with van der Waals surface area (Å²) in [6.45, 7) is 0.362. The molecule has 0 atom stereocenters. The summed E-state index contributed by atoms with van der Waals surface area (Å²) in [7, 11) is 0. The van der Waals surface area contributed by atoms with Crippen molar-refractivity contribution in [1.29, 1.82) is 0 Å². The van der Waals surface area contributed by atoms with E-state index in [0.29, 0.717) is 22.9 Å². The predicted octanol–water partition coefficient (Wildman–Crippen LogP) is 3.98. The number of carbonyl (C=O) groups excluding carboxylic acids is 1. The minimum absolute atomic E-state index is 0.233. The van der Waals surface area contributed by atoms with E-state index in [2.05, 4.69) is 15.3 Å². The van der Waals surface area contributed by atoms with Crippen LogP contribution in [-0.4, -0.2) is 20.3 Å². The van der Waals surface area contributed by atoms with E-state index in [4.69, 9.17) is 11.6 Å². The summed E-state index contributed by atoms with van der Waals surface area (Å²) < 4.78 is 1.84. The first-order chi connectivity index (χ1) is 12.7. The SMILES string of the molecule is O=C(NCc1ccccn1)c1cn2cc(-c3cccc(Cl)c3)ccc2n1. The summed E-state index contributed by atoms with van der Waals surface area (Å²) in [6, 6.07) is 17.1. The summed E-state index contributed by atoms with van der Waals surface area (Å²) in [4.78, 5) is 20.9. The fraction of sp³-hybridized carbons (Fsp3) is 0.0500. The van der Waals surface area contributed by atoms with Gasteiger partial charge in [-0.1, -0.05) is 29.8 Å². The van der Waals surface area contributed by atoms with Crippen molar-refractivity contribution in [3.8, 4) is 11.1 Å².